The van der Waals surface area contributed by atoms with E-state index in [0.29, 0.717) is 9.88 Å². The number of carbonyl (C=O) groups is 1. The molecule has 0 saturated carbocycles. The molecule has 0 N–H and O–H groups in total. The lowest BCUT2D eigenvalue weighted by molar-refractivity contribution is -0.383. The molecule has 1 aromatic rings. The Balaban J connectivity index is 2.37. The Morgan fingerprint density at radius 3 is 2.74 bits per heavy atom. The van der Waals surface area contributed by atoms with Crippen LogP contribution in [0.15, 0.2) is 6.07 Å². The van der Waals surface area contributed by atoms with Crippen LogP contribution >= 0.6 is 11.3 Å². The van der Waals surface area contributed by atoms with Crippen LogP contribution in [0.1, 0.15) is 43.3 Å². The Kier molecular flexibility index (Phi) is 3.62. The molecule has 0 spiro atoms. The van der Waals surface area contributed by atoms with E-state index < -0.39 is 0 Å². The molecule has 1 aromatic heterocycles. The van der Waals surface area contributed by atoms with Gasteiger partial charge in [-0.2, -0.15) is 0 Å². The summed E-state index contributed by atoms with van der Waals surface area (Å²) in [5.74, 6) is -0.115. The molecule has 0 bridgehead atoms. The van der Waals surface area contributed by atoms with Gasteiger partial charge in [-0.1, -0.05) is 13.8 Å². The van der Waals surface area contributed by atoms with Gasteiger partial charge in [0, 0.05) is 19.2 Å². The minimum absolute atomic E-state index is 0.0629. The van der Waals surface area contributed by atoms with E-state index >= 15 is 0 Å². The summed E-state index contributed by atoms with van der Waals surface area (Å²) in [7, 11) is 0. The standard InChI is InChI=1S/C13H18N2O3S/c1-9(16)11-7-10(15(17)18)12(19-11)14-6-4-5-13(2,3)8-14/h7H,4-6,8H2,1-3H3. The smallest absolute Gasteiger partial charge is 0.304 e. The fourth-order valence-corrected chi connectivity index (χ4v) is 3.54. The highest BCUT2D eigenvalue weighted by Gasteiger charge is 2.32. The van der Waals surface area contributed by atoms with Crippen molar-refractivity contribution in [2.45, 2.75) is 33.6 Å². The first-order chi connectivity index (χ1) is 8.80. The van der Waals surface area contributed by atoms with E-state index in [-0.39, 0.29) is 21.8 Å². The number of hydrogen-bond acceptors (Lipinski definition) is 5. The fourth-order valence-electron chi connectivity index (χ4n) is 2.50. The van der Waals surface area contributed by atoms with Gasteiger partial charge < -0.3 is 4.90 Å². The highest BCUT2D eigenvalue weighted by Crippen LogP contribution is 2.41. The molecule has 0 radical (unpaired) electrons. The van der Waals surface area contributed by atoms with Crippen LogP contribution in [0, 0.1) is 15.5 Å². The lowest BCUT2D eigenvalue weighted by atomic mass is 9.84. The van der Waals surface area contributed by atoms with Crippen molar-refractivity contribution >= 4 is 27.8 Å². The van der Waals surface area contributed by atoms with Gasteiger partial charge in [-0.3, -0.25) is 14.9 Å². The monoisotopic (exact) mass is 282 g/mol. The number of hydrogen-bond donors (Lipinski definition) is 0. The summed E-state index contributed by atoms with van der Waals surface area (Å²) in [6.45, 7) is 7.41. The van der Waals surface area contributed by atoms with Gasteiger partial charge >= 0.3 is 5.69 Å². The van der Waals surface area contributed by atoms with Crippen LogP contribution in [0.5, 0.6) is 0 Å². The first-order valence-electron chi connectivity index (χ1n) is 6.34. The lowest BCUT2D eigenvalue weighted by Gasteiger charge is -2.38. The first-order valence-corrected chi connectivity index (χ1v) is 7.16. The van der Waals surface area contributed by atoms with Crippen LogP contribution in [0.2, 0.25) is 0 Å². The summed E-state index contributed by atoms with van der Waals surface area (Å²) >= 11 is 1.24. The van der Waals surface area contributed by atoms with Gasteiger partial charge in [-0.05, 0) is 25.2 Å². The van der Waals surface area contributed by atoms with E-state index in [4.69, 9.17) is 0 Å². The van der Waals surface area contributed by atoms with Gasteiger partial charge in [0.2, 0.25) is 0 Å². The van der Waals surface area contributed by atoms with Crippen LogP contribution in [-0.4, -0.2) is 23.8 Å². The second-order valence-electron chi connectivity index (χ2n) is 5.80. The molecule has 0 aliphatic carbocycles. The number of rotatable bonds is 3. The van der Waals surface area contributed by atoms with Crippen LogP contribution in [-0.2, 0) is 0 Å². The summed E-state index contributed by atoms with van der Waals surface area (Å²) in [6.07, 6.45) is 2.15. The summed E-state index contributed by atoms with van der Waals surface area (Å²) in [4.78, 5) is 24.7. The van der Waals surface area contributed by atoms with Crippen molar-refractivity contribution in [3.8, 4) is 0 Å². The summed E-state index contributed by atoms with van der Waals surface area (Å²) in [5, 5.41) is 11.8. The van der Waals surface area contributed by atoms with Crippen molar-refractivity contribution in [3.05, 3.63) is 21.1 Å². The molecule has 1 fully saturated rings. The Morgan fingerprint density at radius 2 is 2.21 bits per heavy atom. The van der Waals surface area contributed by atoms with Crippen LogP contribution in [0.4, 0.5) is 10.7 Å². The minimum atomic E-state index is -0.389. The Bertz CT molecular complexity index is 522. The molecule has 0 amide bonds. The number of piperidine rings is 1. The van der Waals surface area contributed by atoms with Crippen molar-refractivity contribution < 1.29 is 9.72 Å². The SMILES string of the molecule is CC(=O)c1cc([N+](=O)[O-])c(N2CCCC(C)(C)C2)s1. The second kappa shape index (κ2) is 4.92. The van der Waals surface area contributed by atoms with E-state index in [0.717, 1.165) is 25.9 Å². The van der Waals surface area contributed by atoms with Gasteiger partial charge in [0.15, 0.2) is 10.8 Å². The molecule has 5 nitrogen and oxygen atoms in total. The van der Waals surface area contributed by atoms with Crippen molar-refractivity contribution in [2.24, 2.45) is 5.41 Å². The number of nitrogens with zero attached hydrogens (tertiary/aromatic N) is 2. The predicted octanol–water partition coefficient (Wildman–Crippen LogP) is 3.49. The van der Waals surface area contributed by atoms with Gasteiger partial charge in [0.05, 0.1) is 9.80 Å². The Labute approximate surface area is 116 Å². The Hall–Kier alpha value is -1.43. The highest BCUT2D eigenvalue weighted by molar-refractivity contribution is 7.18. The first kappa shape index (κ1) is 14.0. The largest absolute Gasteiger partial charge is 0.357 e. The third-order valence-electron chi connectivity index (χ3n) is 3.42. The quantitative estimate of drug-likeness (QED) is 0.483. The molecular weight excluding hydrogens is 264 g/mol. The molecule has 2 heterocycles. The summed E-state index contributed by atoms with van der Waals surface area (Å²) in [6, 6.07) is 1.41. The zero-order chi connectivity index (χ0) is 14.2. The lowest BCUT2D eigenvalue weighted by Crippen LogP contribution is -2.39. The Morgan fingerprint density at radius 1 is 1.53 bits per heavy atom. The minimum Gasteiger partial charge on any atom is -0.357 e. The van der Waals surface area contributed by atoms with Crippen molar-refractivity contribution in [3.63, 3.8) is 0 Å². The van der Waals surface area contributed by atoms with E-state index in [2.05, 4.69) is 18.7 Å². The number of anilines is 1. The van der Waals surface area contributed by atoms with E-state index in [1.807, 2.05) is 0 Å². The summed E-state index contributed by atoms with van der Waals surface area (Å²) < 4.78 is 0. The van der Waals surface area contributed by atoms with Crippen molar-refractivity contribution in [1.29, 1.82) is 0 Å². The van der Waals surface area contributed by atoms with E-state index in [1.54, 1.807) is 0 Å². The predicted molar refractivity (Wildman–Crippen MR) is 76.2 cm³/mol. The van der Waals surface area contributed by atoms with E-state index in [1.165, 1.54) is 24.3 Å². The molecule has 0 aromatic carbocycles. The number of ketones is 1. The molecule has 6 heteroatoms. The topological polar surface area (TPSA) is 63.4 Å². The van der Waals surface area contributed by atoms with E-state index in [9.17, 15) is 14.9 Å². The molecule has 1 aliphatic rings. The number of thiophene rings is 1. The average molecular weight is 282 g/mol. The van der Waals surface area contributed by atoms with Crippen LogP contribution in [0.25, 0.3) is 0 Å². The number of nitro groups is 1. The number of Topliss-reactive ketones (excluding diaryl/α,β-unsaturated/α-hetero) is 1. The molecule has 2 rings (SSSR count). The molecule has 0 unspecified atom stereocenters. The summed E-state index contributed by atoms with van der Waals surface area (Å²) in [5.41, 5.74) is 0.222. The van der Waals surface area contributed by atoms with Gasteiger partial charge in [-0.25, -0.2) is 0 Å². The normalized spacial score (nSPS) is 18.4. The zero-order valence-corrected chi connectivity index (χ0v) is 12.2. The molecule has 104 valence electrons. The third-order valence-corrected chi connectivity index (χ3v) is 4.71. The molecule has 1 saturated heterocycles. The third kappa shape index (κ3) is 2.94. The second-order valence-corrected chi connectivity index (χ2v) is 6.83. The highest BCUT2D eigenvalue weighted by atomic mass is 32.1. The van der Waals surface area contributed by atoms with Gasteiger partial charge in [0.25, 0.3) is 0 Å². The van der Waals surface area contributed by atoms with Crippen LogP contribution in [0.3, 0.4) is 0 Å². The maximum absolute atomic E-state index is 11.4. The molecular formula is C13H18N2O3S. The maximum Gasteiger partial charge on any atom is 0.304 e. The molecule has 1 aliphatic heterocycles. The van der Waals surface area contributed by atoms with Crippen LogP contribution < -0.4 is 4.90 Å². The zero-order valence-electron chi connectivity index (χ0n) is 11.4. The molecule has 19 heavy (non-hydrogen) atoms. The molecule has 0 atom stereocenters. The average Bonchev–Trinajstić information content (AvgIpc) is 2.72. The number of carbonyl (C=O) groups excluding carboxylic acids is 1. The van der Waals surface area contributed by atoms with Crippen molar-refractivity contribution in [1.82, 2.24) is 0 Å². The fraction of sp³-hybridized carbons (Fsp3) is 0.615. The van der Waals surface area contributed by atoms with Gasteiger partial charge in [0.1, 0.15) is 0 Å². The van der Waals surface area contributed by atoms with Gasteiger partial charge in [-0.15, -0.1) is 11.3 Å². The van der Waals surface area contributed by atoms with Crippen molar-refractivity contribution in [2.75, 3.05) is 18.0 Å². The maximum atomic E-state index is 11.4.